The van der Waals surface area contributed by atoms with Crippen LogP contribution in [0.1, 0.15) is 86.6 Å². The molecule has 1 aromatic heterocycles. The average molecular weight is 331 g/mol. The lowest BCUT2D eigenvalue weighted by Gasteiger charge is -2.45. The number of nitrogens with one attached hydrogen (secondary N) is 1. The summed E-state index contributed by atoms with van der Waals surface area (Å²) in [6.45, 7) is 5.90. The van der Waals surface area contributed by atoms with E-state index in [1.807, 2.05) is 6.92 Å². The van der Waals surface area contributed by atoms with Crippen LogP contribution in [0, 0.1) is 5.41 Å². The third kappa shape index (κ3) is 2.77. The number of aromatic amines is 1. The first kappa shape index (κ1) is 16.1. The first-order chi connectivity index (χ1) is 11.6. The van der Waals surface area contributed by atoms with Gasteiger partial charge in [-0.25, -0.2) is 0 Å². The van der Waals surface area contributed by atoms with Crippen LogP contribution in [0.15, 0.2) is 0 Å². The third-order valence-electron chi connectivity index (χ3n) is 6.30. The highest BCUT2D eigenvalue weighted by molar-refractivity contribution is 5.94. The molecule has 2 fully saturated rings. The van der Waals surface area contributed by atoms with Crippen molar-refractivity contribution in [2.45, 2.75) is 77.4 Å². The summed E-state index contributed by atoms with van der Waals surface area (Å²) in [5.74, 6) is 0.124. The molecule has 0 radical (unpaired) electrons. The minimum Gasteiger partial charge on any atom is -0.369 e. The molecule has 1 aromatic rings. The SMILES string of the molecule is C[C@@H]1Cc2c(C(=O)N3CCCC4(CCCCC4)C3)n[nH]c2[C@H](C)O1. The number of likely N-dealkylation sites (tertiary alicyclic amines) is 1. The Hall–Kier alpha value is -1.36. The quantitative estimate of drug-likeness (QED) is 0.855. The van der Waals surface area contributed by atoms with Gasteiger partial charge in [-0.15, -0.1) is 0 Å². The molecule has 0 aromatic carbocycles. The molecule has 0 unspecified atom stereocenters. The van der Waals surface area contributed by atoms with Crippen molar-refractivity contribution in [3.8, 4) is 0 Å². The Labute approximate surface area is 144 Å². The van der Waals surface area contributed by atoms with Crippen LogP contribution in [0.4, 0.5) is 0 Å². The molecule has 1 aliphatic carbocycles. The fraction of sp³-hybridized carbons (Fsp3) is 0.789. The molecule has 5 nitrogen and oxygen atoms in total. The van der Waals surface area contributed by atoms with Gasteiger partial charge in [-0.2, -0.15) is 5.10 Å². The number of rotatable bonds is 1. The number of H-pyrrole nitrogens is 1. The molecule has 132 valence electrons. The van der Waals surface area contributed by atoms with E-state index >= 15 is 0 Å². The second kappa shape index (κ2) is 6.17. The molecule has 1 saturated carbocycles. The van der Waals surface area contributed by atoms with Crippen LogP contribution in [-0.2, 0) is 11.2 Å². The van der Waals surface area contributed by atoms with E-state index in [0.29, 0.717) is 11.1 Å². The number of hydrogen-bond acceptors (Lipinski definition) is 3. The lowest BCUT2D eigenvalue weighted by atomic mass is 9.69. The minimum absolute atomic E-state index is 0.0103. The van der Waals surface area contributed by atoms with Crippen molar-refractivity contribution >= 4 is 5.91 Å². The first-order valence-corrected chi connectivity index (χ1v) is 9.60. The summed E-state index contributed by atoms with van der Waals surface area (Å²) in [6.07, 6.45) is 9.92. The van der Waals surface area contributed by atoms with Gasteiger partial charge < -0.3 is 9.64 Å². The molecule has 1 saturated heterocycles. The predicted molar refractivity (Wildman–Crippen MR) is 91.9 cm³/mol. The third-order valence-corrected chi connectivity index (χ3v) is 6.30. The molecular formula is C19H29N3O2. The van der Waals surface area contributed by atoms with Crippen LogP contribution in [0.2, 0.25) is 0 Å². The van der Waals surface area contributed by atoms with Crippen LogP contribution >= 0.6 is 0 Å². The van der Waals surface area contributed by atoms with Crippen LogP contribution in [0.5, 0.6) is 0 Å². The van der Waals surface area contributed by atoms with Crippen molar-refractivity contribution in [2.24, 2.45) is 5.41 Å². The standard InChI is InChI=1S/C19H29N3O2/c1-13-11-15-16(14(2)24-13)20-21-17(15)18(23)22-10-6-9-19(12-22)7-4-3-5-8-19/h13-14H,3-12H2,1-2H3,(H,20,21)/t13-,14+/m1/s1. The predicted octanol–water partition coefficient (Wildman–Crippen LogP) is 3.62. The summed E-state index contributed by atoms with van der Waals surface area (Å²) in [5.41, 5.74) is 3.09. The molecule has 1 N–H and O–H groups in total. The van der Waals surface area contributed by atoms with Gasteiger partial charge in [0.15, 0.2) is 5.69 Å². The maximum Gasteiger partial charge on any atom is 0.274 e. The summed E-state index contributed by atoms with van der Waals surface area (Å²) in [6, 6.07) is 0. The van der Waals surface area contributed by atoms with Gasteiger partial charge in [0, 0.05) is 25.1 Å². The Balaban J connectivity index is 1.56. The van der Waals surface area contributed by atoms with E-state index in [9.17, 15) is 4.79 Å². The fourth-order valence-corrected chi connectivity index (χ4v) is 5.09. The van der Waals surface area contributed by atoms with Crippen molar-refractivity contribution in [3.63, 3.8) is 0 Å². The zero-order valence-electron chi connectivity index (χ0n) is 14.9. The van der Waals surface area contributed by atoms with E-state index < -0.39 is 0 Å². The van der Waals surface area contributed by atoms with E-state index in [-0.39, 0.29) is 18.1 Å². The second-order valence-electron chi connectivity index (χ2n) is 8.15. The monoisotopic (exact) mass is 331 g/mol. The van der Waals surface area contributed by atoms with Crippen LogP contribution < -0.4 is 0 Å². The fourth-order valence-electron chi connectivity index (χ4n) is 5.09. The number of amides is 1. The second-order valence-corrected chi connectivity index (χ2v) is 8.15. The number of piperidine rings is 1. The van der Waals surface area contributed by atoms with E-state index in [1.54, 1.807) is 0 Å². The lowest BCUT2D eigenvalue weighted by Crippen LogP contribution is -2.47. The summed E-state index contributed by atoms with van der Waals surface area (Å²) in [7, 11) is 0. The number of ether oxygens (including phenoxy) is 1. The summed E-state index contributed by atoms with van der Waals surface area (Å²) < 4.78 is 5.85. The molecule has 2 aliphatic heterocycles. The van der Waals surface area contributed by atoms with E-state index in [0.717, 1.165) is 37.2 Å². The zero-order valence-corrected chi connectivity index (χ0v) is 14.9. The number of nitrogens with zero attached hydrogens (tertiary/aromatic N) is 2. The van der Waals surface area contributed by atoms with Crippen molar-refractivity contribution in [2.75, 3.05) is 13.1 Å². The molecule has 1 amide bonds. The van der Waals surface area contributed by atoms with Gasteiger partial charge in [0.05, 0.1) is 17.9 Å². The summed E-state index contributed by atoms with van der Waals surface area (Å²) in [5, 5.41) is 7.46. The Morgan fingerprint density at radius 1 is 1.21 bits per heavy atom. The van der Waals surface area contributed by atoms with E-state index in [4.69, 9.17) is 4.74 Å². The molecule has 0 bridgehead atoms. The largest absolute Gasteiger partial charge is 0.369 e. The van der Waals surface area contributed by atoms with Gasteiger partial charge in [-0.3, -0.25) is 9.89 Å². The van der Waals surface area contributed by atoms with Crippen molar-refractivity contribution in [3.05, 3.63) is 17.0 Å². The highest BCUT2D eigenvalue weighted by Crippen LogP contribution is 2.43. The number of fused-ring (bicyclic) bond motifs is 1. The summed E-state index contributed by atoms with van der Waals surface area (Å²) in [4.78, 5) is 15.3. The highest BCUT2D eigenvalue weighted by atomic mass is 16.5. The van der Waals surface area contributed by atoms with Crippen molar-refractivity contribution in [1.82, 2.24) is 15.1 Å². The normalized spacial score (nSPS) is 29.5. The van der Waals surface area contributed by atoms with E-state index in [2.05, 4.69) is 22.0 Å². The Kier molecular flexibility index (Phi) is 4.15. The van der Waals surface area contributed by atoms with E-state index in [1.165, 1.54) is 38.5 Å². The Morgan fingerprint density at radius 3 is 2.75 bits per heavy atom. The van der Waals surface area contributed by atoms with Gasteiger partial charge in [0.25, 0.3) is 5.91 Å². The van der Waals surface area contributed by atoms with Gasteiger partial charge in [0.1, 0.15) is 0 Å². The van der Waals surface area contributed by atoms with Crippen LogP contribution in [0.3, 0.4) is 0 Å². The highest BCUT2D eigenvalue weighted by Gasteiger charge is 2.39. The Morgan fingerprint density at radius 2 is 1.96 bits per heavy atom. The maximum absolute atomic E-state index is 13.2. The molecule has 3 heterocycles. The number of carbonyl (C=O) groups is 1. The number of aromatic nitrogens is 2. The topological polar surface area (TPSA) is 58.2 Å². The maximum atomic E-state index is 13.2. The van der Waals surface area contributed by atoms with Gasteiger partial charge >= 0.3 is 0 Å². The van der Waals surface area contributed by atoms with Gasteiger partial charge in [-0.05, 0) is 44.9 Å². The minimum atomic E-state index is -0.0103. The molecule has 24 heavy (non-hydrogen) atoms. The molecule has 1 spiro atoms. The molecule has 3 aliphatic rings. The lowest BCUT2D eigenvalue weighted by molar-refractivity contribution is -0.00710. The Bertz CT molecular complexity index is 613. The first-order valence-electron chi connectivity index (χ1n) is 9.60. The van der Waals surface area contributed by atoms with Gasteiger partial charge in [0.2, 0.25) is 0 Å². The summed E-state index contributed by atoms with van der Waals surface area (Å²) >= 11 is 0. The number of carbonyl (C=O) groups excluding carboxylic acids is 1. The van der Waals surface area contributed by atoms with Gasteiger partial charge in [-0.1, -0.05) is 19.3 Å². The average Bonchev–Trinajstić information content (AvgIpc) is 2.99. The molecule has 2 atom stereocenters. The number of hydrogen-bond donors (Lipinski definition) is 1. The van der Waals surface area contributed by atoms with Crippen LogP contribution in [0.25, 0.3) is 0 Å². The zero-order chi connectivity index (χ0) is 16.7. The van der Waals surface area contributed by atoms with Crippen LogP contribution in [-0.4, -0.2) is 40.2 Å². The van der Waals surface area contributed by atoms with Crippen molar-refractivity contribution < 1.29 is 9.53 Å². The molecule has 5 heteroatoms. The molecule has 4 rings (SSSR count). The molecular weight excluding hydrogens is 302 g/mol. The van der Waals surface area contributed by atoms with Crippen molar-refractivity contribution in [1.29, 1.82) is 0 Å². The smallest absolute Gasteiger partial charge is 0.274 e.